The molecule has 0 fully saturated rings. The van der Waals surface area contributed by atoms with E-state index in [0.717, 1.165) is 11.8 Å². The third-order valence-corrected chi connectivity index (χ3v) is 5.47. The minimum Gasteiger partial charge on any atom is -0.467 e. The van der Waals surface area contributed by atoms with E-state index < -0.39 is 42.2 Å². The maximum atomic E-state index is 13.0. The lowest BCUT2D eigenvalue weighted by Gasteiger charge is -2.17. The molecule has 4 N–H and O–H groups in total. The Balaban J connectivity index is 1.74. The molecule has 0 saturated heterocycles. The molecular formula is C28H28N6O7. The Morgan fingerprint density at radius 3 is 2.20 bits per heavy atom. The van der Waals surface area contributed by atoms with Gasteiger partial charge in [0.2, 0.25) is 5.91 Å². The summed E-state index contributed by atoms with van der Waals surface area (Å²) in [5.41, 5.74) is 0.594. The van der Waals surface area contributed by atoms with Crippen LogP contribution in [0.15, 0.2) is 85.0 Å². The highest BCUT2D eigenvalue weighted by molar-refractivity contribution is 6.04. The number of hydrogen-bond acceptors (Lipinski definition) is 10. The van der Waals surface area contributed by atoms with Gasteiger partial charge in [-0.2, -0.15) is 0 Å². The van der Waals surface area contributed by atoms with E-state index in [2.05, 4.69) is 36.0 Å². The molecule has 0 aliphatic rings. The zero-order chi connectivity index (χ0) is 29.6. The molecule has 3 rings (SSSR count). The number of benzene rings is 2. The summed E-state index contributed by atoms with van der Waals surface area (Å²) < 4.78 is 9.48. The van der Waals surface area contributed by atoms with Crippen LogP contribution in [0.1, 0.15) is 26.4 Å². The molecule has 0 spiro atoms. The number of carbonyl (C=O) groups is 5. The normalized spacial score (nSPS) is 11.4. The zero-order valence-corrected chi connectivity index (χ0v) is 22.2. The van der Waals surface area contributed by atoms with Crippen LogP contribution in [0.25, 0.3) is 0 Å². The Morgan fingerprint density at radius 1 is 0.878 bits per heavy atom. The molecule has 3 aromatic rings. The predicted octanol–water partition coefficient (Wildman–Crippen LogP) is 0.963. The lowest BCUT2D eigenvalue weighted by molar-refractivity contribution is -0.145. The molecule has 13 heteroatoms. The Labute approximate surface area is 235 Å². The van der Waals surface area contributed by atoms with Gasteiger partial charge in [0.05, 0.1) is 20.8 Å². The molecule has 13 nitrogen and oxygen atoms in total. The average Bonchev–Trinajstić information content (AvgIpc) is 3.01. The number of methoxy groups -OCH3 is 2. The van der Waals surface area contributed by atoms with Crippen molar-refractivity contribution in [3.63, 3.8) is 0 Å². The van der Waals surface area contributed by atoms with Crippen LogP contribution in [0.3, 0.4) is 0 Å². The van der Waals surface area contributed by atoms with Gasteiger partial charge in [-0.15, -0.1) is 0 Å². The Morgan fingerprint density at radius 2 is 1.54 bits per heavy atom. The zero-order valence-electron chi connectivity index (χ0n) is 22.2. The van der Waals surface area contributed by atoms with Crippen LogP contribution in [-0.2, 0) is 30.3 Å². The van der Waals surface area contributed by atoms with Crippen molar-refractivity contribution in [2.24, 2.45) is 0 Å². The second kappa shape index (κ2) is 15.1. The van der Waals surface area contributed by atoms with E-state index >= 15 is 0 Å². The van der Waals surface area contributed by atoms with Gasteiger partial charge in [0.25, 0.3) is 11.8 Å². The molecule has 3 amide bonds. The molecule has 0 unspecified atom stereocenters. The summed E-state index contributed by atoms with van der Waals surface area (Å²) in [6.07, 6.45) is 3.86. The number of rotatable bonds is 12. The van der Waals surface area contributed by atoms with Crippen molar-refractivity contribution in [3.05, 3.63) is 102 Å². The molecule has 1 atom stereocenters. The van der Waals surface area contributed by atoms with Crippen molar-refractivity contribution < 1.29 is 33.4 Å². The molecule has 0 aliphatic heterocycles. The first-order valence-corrected chi connectivity index (χ1v) is 12.2. The van der Waals surface area contributed by atoms with Crippen LogP contribution in [-0.4, -0.2) is 66.4 Å². The number of nitrogens with one attached hydrogen (secondary N) is 4. The van der Waals surface area contributed by atoms with Crippen molar-refractivity contribution >= 4 is 35.5 Å². The highest BCUT2D eigenvalue weighted by atomic mass is 16.5. The summed E-state index contributed by atoms with van der Waals surface area (Å²) in [5.74, 6) is -3.61. The molecule has 2 aromatic carbocycles. The molecule has 41 heavy (non-hydrogen) atoms. The van der Waals surface area contributed by atoms with Gasteiger partial charge in [-0.25, -0.2) is 19.6 Å². The number of nitrogens with zero attached hydrogens (tertiary/aromatic N) is 2. The fraction of sp³-hybridized carbons (Fsp3) is 0.179. The van der Waals surface area contributed by atoms with E-state index in [1.54, 1.807) is 54.6 Å². The fourth-order valence-corrected chi connectivity index (χ4v) is 3.46. The van der Waals surface area contributed by atoms with E-state index in [1.165, 1.54) is 26.6 Å². The quantitative estimate of drug-likeness (QED) is 0.184. The van der Waals surface area contributed by atoms with Crippen LogP contribution in [0.5, 0.6) is 0 Å². The van der Waals surface area contributed by atoms with Crippen molar-refractivity contribution in [2.45, 2.75) is 12.5 Å². The largest absolute Gasteiger partial charge is 0.467 e. The number of amides is 3. The summed E-state index contributed by atoms with van der Waals surface area (Å²) in [6.45, 7) is -0.530. The highest BCUT2D eigenvalue weighted by Gasteiger charge is 2.23. The summed E-state index contributed by atoms with van der Waals surface area (Å²) in [4.78, 5) is 70.6. The molecule has 0 radical (unpaired) electrons. The molecule has 0 aliphatic carbocycles. The number of esters is 2. The standard InChI is InChI=1S/C28H28N6O7/c1-40-27(38)20(15-18-9-5-3-6-10-18)33-22(35)17-32-26(37)21(34-25(36)19-11-7-4-8-12-19)16-31-24-23(28(39)41-2)29-13-14-30-24/h3-14,16,20H,15,17H2,1-2H3,(H,30,31)(H,32,37)(H,33,35)(H,34,36)/b21-16-/t20-/m0/s1. The summed E-state index contributed by atoms with van der Waals surface area (Å²) in [5, 5.41) is 10.1. The lowest BCUT2D eigenvalue weighted by atomic mass is 10.1. The van der Waals surface area contributed by atoms with Crippen LogP contribution < -0.4 is 21.3 Å². The van der Waals surface area contributed by atoms with E-state index in [4.69, 9.17) is 4.74 Å². The molecule has 1 heterocycles. The Bertz CT molecular complexity index is 1410. The average molecular weight is 561 g/mol. The van der Waals surface area contributed by atoms with Crippen LogP contribution >= 0.6 is 0 Å². The second-order valence-electron chi connectivity index (χ2n) is 8.28. The third kappa shape index (κ3) is 8.99. The number of ether oxygens (including phenoxy) is 2. The first-order chi connectivity index (χ1) is 19.8. The minimum atomic E-state index is -0.991. The van der Waals surface area contributed by atoms with Gasteiger partial charge in [0, 0.05) is 30.6 Å². The topological polar surface area (TPSA) is 178 Å². The maximum Gasteiger partial charge on any atom is 0.360 e. The van der Waals surface area contributed by atoms with Crippen molar-refractivity contribution in [2.75, 3.05) is 26.1 Å². The van der Waals surface area contributed by atoms with Gasteiger partial charge in [-0.05, 0) is 17.7 Å². The van der Waals surface area contributed by atoms with Gasteiger partial charge in [0.15, 0.2) is 11.5 Å². The number of anilines is 1. The molecule has 0 saturated carbocycles. The van der Waals surface area contributed by atoms with E-state index in [1.807, 2.05) is 6.07 Å². The Hall–Kier alpha value is -5.59. The molecule has 0 bridgehead atoms. The van der Waals surface area contributed by atoms with Crippen molar-refractivity contribution in [3.8, 4) is 0 Å². The smallest absolute Gasteiger partial charge is 0.360 e. The Kier molecular flexibility index (Phi) is 11.0. The summed E-state index contributed by atoms with van der Waals surface area (Å²) in [6, 6.07) is 16.1. The van der Waals surface area contributed by atoms with Crippen LogP contribution in [0, 0.1) is 0 Å². The summed E-state index contributed by atoms with van der Waals surface area (Å²) in [7, 11) is 2.38. The predicted molar refractivity (Wildman–Crippen MR) is 146 cm³/mol. The maximum absolute atomic E-state index is 13.0. The summed E-state index contributed by atoms with van der Waals surface area (Å²) >= 11 is 0. The van der Waals surface area contributed by atoms with E-state index in [0.29, 0.717) is 0 Å². The number of hydrogen-bond donors (Lipinski definition) is 4. The number of carbonyl (C=O) groups excluding carboxylic acids is 5. The fourth-order valence-electron chi connectivity index (χ4n) is 3.46. The van der Waals surface area contributed by atoms with Gasteiger partial charge in [-0.3, -0.25) is 14.4 Å². The molecule has 212 valence electrons. The lowest BCUT2D eigenvalue weighted by Crippen LogP contribution is -2.47. The molecule has 1 aromatic heterocycles. The van der Waals surface area contributed by atoms with E-state index in [9.17, 15) is 24.0 Å². The molecular weight excluding hydrogens is 532 g/mol. The highest BCUT2D eigenvalue weighted by Crippen LogP contribution is 2.10. The number of aromatic nitrogens is 2. The first kappa shape index (κ1) is 30.0. The van der Waals surface area contributed by atoms with Gasteiger partial charge in [-0.1, -0.05) is 48.5 Å². The van der Waals surface area contributed by atoms with Crippen molar-refractivity contribution in [1.29, 1.82) is 0 Å². The SMILES string of the molecule is COC(=O)c1nccnc1N/C=C(\NC(=O)c1ccccc1)C(=O)NCC(=O)N[C@@H](Cc1ccccc1)C(=O)OC. The third-order valence-electron chi connectivity index (χ3n) is 5.47. The van der Waals surface area contributed by atoms with Gasteiger partial charge >= 0.3 is 11.9 Å². The van der Waals surface area contributed by atoms with Gasteiger partial charge in [0.1, 0.15) is 11.7 Å². The van der Waals surface area contributed by atoms with Crippen LogP contribution in [0.4, 0.5) is 5.82 Å². The van der Waals surface area contributed by atoms with Crippen molar-refractivity contribution in [1.82, 2.24) is 25.9 Å². The monoisotopic (exact) mass is 560 g/mol. The first-order valence-electron chi connectivity index (χ1n) is 12.2. The minimum absolute atomic E-state index is 0.0433. The van der Waals surface area contributed by atoms with Crippen LogP contribution in [0.2, 0.25) is 0 Å². The van der Waals surface area contributed by atoms with Gasteiger partial charge < -0.3 is 30.7 Å². The second-order valence-corrected chi connectivity index (χ2v) is 8.28. The van der Waals surface area contributed by atoms with E-state index in [-0.39, 0.29) is 29.2 Å².